The highest BCUT2D eigenvalue weighted by Crippen LogP contribution is 2.21. The first-order valence-electron chi connectivity index (χ1n) is 9.98. The van der Waals surface area contributed by atoms with E-state index in [0.29, 0.717) is 13.2 Å². The third-order valence-corrected chi connectivity index (χ3v) is 5.50. The molecule has 0 aromatic carbocycles. The van der Waals surface area contributed by atoms with E-state index >= 15 is 0 Å². The molecule has 0 spiro atoms. The molecule has 1 saturated carbocycles. The van der Waals surface area contributed by atoms with Crippen LogP contribution < -0.4 is 5.32 Å². The van der Waals surface area contributed by atoms with Crippen molar-refractivity contribution < 1.29 is 9.53 Å². The number of guanidine groups is 1. The van der Waals surface area contributed by atoms with Gasteiger partial charge in [0.2, 0.25) is 0 Å². The van der Waals surface area contributed by atoms with E-state index in [0.717, 1.165) is 44.5 Å². The Labute approximate surface area is 176 Å². The molecule has 6 nitrogen and oxygen atoms in total. The molecule has 2 rings (SSSR count). The lowest BCUT2D eigenvalue weighted by Crippen LogP contribution is -2.50. The molecule has 7 heteroatoms. The Kier molecular flexibility index (Phi) is 11.5. The Morgan fingerprint density at radius 2 is 1.96 bits per heavy atom. The summed E-state index contributed by atoms with van der Waals surface area (Å²) in [5.74, 6) is 0.808. The number of carbonyl (C=O) groups is 1. The maximum absolute atomic E-state index is 12.0. The van der Waals surface area contributed by atoms with Gasteiger partial charge in [0.15, 0.2) is 5.96 Å². The molecule has 2 fully saturated rings. The van der Waals surface area contributed by atoms with E-state index in [2.05, 4.69) is 27.2 Å². The Morgan fingerprint density at radius 3 is 2.62 bits per heavy atom. The van der Waals surface area contributed by atoms with Crippen LogP contribution in [0.4, 0.5) is 0 Å². The quantitative estimate of drug-likeness (QED) is 0.274. The van der Waals surface area contributed by atoms with Crippen molar-refractivity contribution in [2.45, 2.75) is 57.9 Å². The average Bonchev–Trinajstić information content (AvgIpc) is 2.66. The van der Waals surface area contributed by atoms with Gasteiger partial charge in [-0.15, -0.1) is 24.0 Å². The van der Waals surface area contributed by atoms with Crippen LogP contribution in [0.2, 0.25) is 0 Å². The number of ether oxygens (including phenoxy) is 1. The van der Waals surface area contributed by atoms with Gasteiger partial charge >= 0.3 is 5.97 Å². The molecule has 0 unspecified atom stereocenters. The Bertz CT molecular complexity index is 441. The van der Waals surface area contributed by atoms with Crippen LogP contribution in [0.25, 0.3) is 0 Å². The zero-order chi connectivity index (χ0) is 18.1. The molecule has 0 radical (unpaired) electrons. The van der Waals surface area contributed by atoms with Crippen LogP contribution in [0.5, 0.6) is 0 Å². The molecule has 152 valence electrons. The molecule has 1 atom stereocenters. The second kappa shape index (κ2) is 12.8. The van der Waals surface area contributed by atoms with E-state index in [-0.39, 0.29) is 35.9 Å². The number of likely N-dealkylation sites (N-methyl/N-ethyl adjacent to an activating group) is 1. The first kappa shape index (κ1) is 23.5. The largest absolute Gasteiger partial charge is 0.466 e. The van der Waals surface area contributed by atoms with Crippen molar-refractivity contribution in [3.05, 3.63) is 0 Å². The number of nitrogens with one attached hydrogen (secondary N) is 1. The lowest BCUT2D eigenvalue weighted by atomic mass is 9.94. The molecule has 0 aromatic rings. The predicted molar refractivity (Wildman–Crippen MR) is 117 cm³/mol. The molecule has 0 amide bonds. The number of hydrogen-bond acceptors (Lipinski definition) is 4. The third-order valence-electron chi connectivity index (χ3n) is 5.50. The standard InChI is InChI=1S/C19H36N4O2.HI/c1-4-25-18(24)16-9-8-13-23(15-16)19(20-2)21-12-14-22(3)17-10-6-5-7-11-17;/h16-17H,4-15H2,1-3H3,(H,20,21);1H/t16-;/m1./s1. The zero-order valence-corrected chi connectivity index (χ0v) is 19.0. The number of esters is 1. The summed E-state index contributed by atoms with van der Waals surface area (Å²) in [6.45, 7) is 5.89. The fourth-order valence-corrected chi connectivity index (χ4v) is 4.00. The molecule has 1 N–H and O–H groups in total. The van der Waals surface area contributed by atoms with Gasteiger partial charge in [-0.05, 0) is 39.7 Å². The van der Waals surface area contributed by atoms with Crippen LogP contribution in [0, 0.1) is 5.92 Å². The summed E-state index contributed by atoms with van der Waals surface area (Å²) in [7, 11) is 4.05. The Morgan fingerprint density at radius 1 is 1.23 bits per heavy atom. The first-order chi connectivity index (χ1) is 12.2. The maximum atomic E-state index is 12.0. The Balaban J connectivity index is 0.00000338. The van der Waals surface area contributed by atoms with Crippen molar-refractivity contribution in [1.29, 1.82) is 0 Å². The highest BCUT2D eigenvalue weighted by atomic mass is 127. The van der Waals surface area contributed by atoms with Crippen LogP contribution in [-0.2, 0) is 9.53 Å². The van der Waals surface area contributed by atoms with Crippen molar-refractivity contribution in [1.82, 2.24) is 15.1 Å². The van der Waals surface area contributed by atoms with E-state index < -0.39 is 0 Å². The first-order valence-corrected chi connectivity index (χ1v) is 9.98. The topological polar surface area (TPSA) is 57.2 Å². The van der Waals surface area contributed by atoms with Gasteiger partial charge in [0, 0.05) is 39.3 Å². The van der Waals surface area contributed by atoms with Crippen LogP contribution >= 0.6 is 24.0 Å². The minimum Gasteiger partial charge on any atom is -0.466 e. The molecule has 1 aliphatic heterocycles. The van der Waals surface area contributed by atoms with Crippen LogP contribution in [0.3, 0.4) is 0 Å². The normalized spacial score (nSPS) is 22.1. The molecular formula is C19H37IN4O2. The van der Waals surface area contributed by atoms with Crippen molar-refractivity contribution in [2.24, 2.45) is 10.9 Å². The minimum absolute atomic E-state index is 0. The van der Waals surface area contributed by atoms with Gasteiger partial charge in [-0.1, -0.05) is 19.3 Å². The SMILES string of the molecule is CCOC(=O)[C@@H]1CCCN(C(=NC)NCCN(C)C2CCCCC2)C1.I. The molecule has 1 saturated heterocycles. The van der Waals surface area contributed by atoms with Crippen LogP contribution in [0.15, 0.2) is 4.99 Å². The second-order valence-electron chi connectivity index (χ2n) is 7.28. The van der Waals surface area contributed by atoms with Gasteiger partial charge in [-0.2, -0.15) is 0 Å². The summed E-state index contributed by atoms with van der Waals surface area (Å²) in [4.78, 5) is 21.1. The molecule has 1 heterocycles. The predicted octanol–water partition coefficient (Wildman–Crippen LogP) is 2.72. The van der Waals surface area contributed by atoms with E-state index in [4.69, 9.17) is 4.74 Å². The van der Waals surface area contributed by atoms with Gasteiger partial charge < -0.3 is 19.9 Å². The summed E-state index contributed by atoms with van der Waals surface area (Å²) in [6, 6.07) is 0.737. The van der Waals surface area contributed by atoms with Gasteiger partial charge in [0.25, 0.3) is 0 Å². The number of rotatable bonds is 6. The van der Waals surface area contributed by atoms with Crippen molar-refractivity contribution in [3.8, 4) is 0 Å². The third kappa shape index (κ3) is 7.21. The molecule has 1 aliphatic carbocycles. The number of hydrogen-bond donors (Lipinski definition) is 1. The van der Waals surface area contributed by atoms with Crippen molar-refractivity contribution in [3.63, 3.8) is 0 Å². The van der Waals surface area contributed by atoms with E-state index in [1.54, 1.807) is 0 Å². The summed E-state index contributed by atoms with van der Waals surface area (Å²) in [6.07, 6.45) is 8.71. The fourth-order valence-electron chi connectivity index (χ4n) is 4.00. The number of carbonyl (C=O) groups excluding carboxylic acids is 1. The zero-order valence-electron chi connectivity index (χ0n) is 16.7. The van der Waals surface area contributed by atoms with Gasteiger partial charge in [0.1, 0.15) is 0 Å². The number of piperidine rings is 1. The van der Waals surface area contributed by atoms with Crippen LogP contribution in [-0.4, -0.2) is 74.7 Å². The van der Waals surface area contributed by atoms with Gasteiger partial charge in [-0.25, -0.2) is 0 Å². The number of nitrogens with zero attached hydrogens (tertiary/aromatic N) is 3. The lowest BCUT2D eigenvalue weighted by molar-refractivity contribution is -0.149. The monoisotopic (exact) mass is 480 g/mol. The molecule has 0 bridgehead atoms. The average molecular weight is 480 g/mol. The van der Waals surface area contributed by atoms with Crippen LogP contribution in [0.1, 0.15) is 51.9 Å². The Hall–Kier alpha value is -0.570. The van der Waals surface area contributed by atoms with Crippen molar-refractivity contribution >= 4 is 35.9 Å². The molecule has 2 aliphatic rings. The maximum Gasteiger partial charge on any atom is 0.310 e. The molecule has 0 aromatic heterocycles. The number of aliphatic imine (C=N–C) groups is 1. The van der Waals surface area contributed by atoms with Gasteiger partial charge in [-0.3, -0.25) is 9.79 Å². The summed E-state index contributed by atoms with van der Waals surface area (Å²) in [5, 5.41) is 3.48. The minimum atomic E-state index is -0.0697. The van der Waals surface area contributed by atoms with Crippen molar-refractivity contribution in [2.75, 3.05) is 46.9 Å². The second-order valence-corrected chi connectivity index (χ2v) is 7.28. The van der Waals surface area contributed by atoms with Gasteiger partial charge in [0.05, 0.1) is 12.5 Å². The lowest BCUT2D eigenvalue weighted by Gasteiger charge is -2.35. The summed E-state index contributed by atoms with van der Waals surface area (Å²) in [5.41, 5.74) is 0. The number of halogens is 1. The van der Waals surface area contributed by atoms with E-state index in [1.807, 2.05) is 14.0 Å². The van der Waals surface area contributed by atoms with E-state index in [9.17, 15) is 4.79 Å². The summed E-state index contributed by atoms with van der Waals surface area (Å²) >= 11 is 0. The molecule has 26 heavy (non-hydrogen) atoms. The fraction of sp³-hybridized carbons (Fsp3) is 0.895. The highest BCUT2D eigenvalue weighted by molar-refractivity contribution is 14.0. The van der Waals surface area contributed by atoms with E-state index in [1.165, 1.54) is 32.1 Å². The molecular weight excluding hydrogens is 443 g/mol. The summed E-state index contributed by atoms with van der Waals surface area (Å²) < 4.78 is 5.19. The highest BCUT2D eigenvalue weighted by Gasteiger charge is 2.28. The smallest absolute Gasteiger partial charge is 0.310 e. The number of likely N-dealkylation sites (tertiary alicyclic amines) is 1.